The molecule has 1 aliphatic rings. The number of para-hydroxylation sites is 1. The van der Waals surface area contributed by atoms with Crippen LogP contribution in [0.15, 0.2) is 28.7 Å². The molecule has 0 saturated carbocycles. The molecule has 2 aromatic rings. The van der Waals surface area contributed by atoms with E-state index in [1.165, 1.54) is 11.3 Å². The Labute approximate surface area is 158 Å². The molecule has 0 atom stereocenters. The van der Waals surface area contributed by atoms with Gasteiger partial charge in [0.15, 0.2) is 6.61 Å². The lowest BCUT2D eigenvalue weighted by molar-refractivity contribution is -0.118. The SMILES string of the molecule is CCOC(=O)c1c(NC(=O)COc2ccccc2Br)sc2c1CCC2. The van der Waals surface area contributed by atoms with E-state index >= 15 is 0 Å². The third kappa shape index (κ3) is 4.04. The van der Waals surface area contributed by atoms with Crippen LogP contribution in [0.1, 0.15) is 34.1 Å². The molecule has 0 aliphatic heterocycles. The number of amides is 1. The Morgan fingerprint density at radius 3 is 2.84 bits per heavy atom. The fraction of sp³-hybridized carbons (Fsp3) is 0.333. The van der Waals surface area contributed by atoms with Gasteiger partial charge in [0.2, 0.25) is 0 Å². The molecule has 25 heavy (non-hydrogen) atoms. The van der Waals surface area contributed by atoms with Crippen LogP contribution in [0.25, 0.3) is 0 Å². The van der Waals surface area contributed by atoms with Gasteiger partial charge in [-0.25, -0.2) is 4.79 Å². The van der Waals surface area contributed by atoms with E-state index in [-0.39, 0.29) is 18.5 Å². The van der Waals surface area contributed by atoms with Crippen molar-refractivity contribution in [2.45, 2.75) is 26.2 Å². The molecule has 1 aromatic heterocycles. The maximum absolute atomic E-state index is 12.3. The molecule has 1 N–H and O–H groups in total. The summed E-state index contributed by atoms with van der Waals surface area (Å²) in [4.78, 5) is 25.7. The van der Waals surface area contributed by atoms with Crippen LogP contribution in [0.2, 0.25) is 0 Å². The van der Waals surface area contributed by atoms with Crippen molar-refractivity contribution in [1.82, 2.24) is 0 Å². The van der Waals surface area contributed by atoms with Gasteiger partial charge < -0.3 is 14.8 Å². The first-order chi connectivity index (χ1) is 12.1. The summed E-state index contributed by atoms with van der Waals surface area (Å²) in [5.74, 6) is -0.0814. The number of thiophene rings is 1. The number of rotatable bonds is 6. The second-order valence-electron chi connectivity index (χ2n) is 5.55. The number of carbonyl (C=O) groups is 2. The molecule has 0 unspecified atom stereocenters. The number of benzene rings is 1. The lowest BCUT2D eigenvalue weighted by Crippen LogP contribution is -2.21. The first kappa shape index (κ1) is 17.9. The molecular weight excluding hydrogens is 406 g/mol. The number of aryl methyl sites for hydroxylation is 1. The molecule has 1 amide bonds. The van der Waals surface area contributed by atoms with E-state index in [1.807, 2.05) is 18.2 Å². The summed E-state index contributed by atoms with van der Waals surface area (Å²) in [5, 5.41) is 3.37. The van der Waals surface area contributed by atoms with Crippen LogP contribution in [0.5, 0.6) is 5.75 Å². The van der Waals surface area contributed by atoms with E-state index < -0.39 is 0 Å². The van der Waals surface area contributed by atoms with Crippen molar-refractivity contribution in [1.29, 1.82) is 0 Å². The van der Waals surface area contributed by atoms with Gasteiger partial charge in [0.25, 0.3) is 5.91 Å². The Morgan fingerprint density at radius 2 is 2.08 bits per heavy atom. The first-order valence-electron chi connectivity index (χ1n) is 8.09. The number of esters is 1. The molecule has 0 bridgehead atoms. The molecule has 132 valence electrons. The quantitative estimate of drug-likeness (QED) is 0.707. The number of halogens is 1. The van der Waals surface area contributed by atoms with Gasteiger partial charge >= 0.3 is 5.97 Å². The van der Waals surface area contributed by atoms with Gasteiger partial charge in [0.05, 0.1) is 16.6 Å². The highest BCUT2D eigenvalue weighted by molar-refractivity contribution is 9.10. The van der Waals surface area contributed by atoms with Crippen molar-refractivity contribution in [3.63, 3.8) is 0 Å². The molecule has 3 rings (SSSR count). The lowest BCUT2D eigenvalue weighted by atomic mass is 10.1. The second-order valence-corrected chi connectivity index (χ2v) is 7.51. The number of fused-ring (bicyclic) bond motifs is 1. The molecular formula is C18H18BrNO4S. The molecule has 0 spiro atoms. The number of anilines is 1. The molecule has 0 radical (unpaired) electrons. The van der Waals surface area contributed by atoms with E-state index in [1.54, 1.807) is 13.0 Å². The van der Waals surface area contributed by atoms with Gasteiger partial charge in [-0.3, -0.25) is 4.79 Å². The maximum atomic E-state index is 12.3. The number of hydrogen-bond donors (Lipinski definition) is 1. The minimum atomic E-state index is -0.371. The van der Waals surface area contributed by atoms with Crippen LogP contribution in [-0.4, -0.2) is 25.1 Å². The number of carbonyl (C=O) groups excluding carboxylic acids is 2. The van der Waals surface area contributed by atoms with E-state index in [9.17, 15) is 9.59 Å². The first-order valence-corrected chi connectivity index (χ1v) is 9.70. The minimum absolute atomic E-state index is 0.132. The van der Waals surface area contributed by atoms with Gasteiger partial charge in [0.1, 0.15) is 10.8 Å². The van der Waals surface area contributed by atoms with Gasteiger partial charge in [-0.1, -0.05) is 12.1 Å². The Hall–Kier alpha value is -1.86. The Balaban J connectivity index is 1.71. The third-order valence-electron chi connectivity index (χ3n) is 3.85. The molecule has 1 aliphatic carbocycles. The fourth-order valence-electron chi connectivity index (χ4n) is 2.78. The smallest absolute Gasteiger partial charge is 0.341 e. The second kappa shape index (κ2) is 8.01. The molecule has 1 heterocycles. The summed E-state index contributed by atoms with van der Waals surface area (Å²) in [6, 6.07) is 7.33. The van der Waals surface area contributed by atoms with Crippen molar-refractivity contribution in [2.75, 3.05) is 18.5 Å². The molecule has 0 saturated heterocycles. The summed E-state index contributed by atoms with van der Waals surface area (Å²) >= 11 is 4.83. The van der Waals surface area contributed by atoms with E-state index in [2.05, 4.69) is 21.2 Å². The predicted molar refractivity (Wildman–Crippen MR) is 101 cm³/mol. The van der Waals surface area contributed by atoms with Gasteiger partial charge in [-0.2, -0.15) is 0 Å². The Morgan fingerprint density at radius 1 is 1.28 bits per heavy atom. The third-order valence-corrected chi connectivity index (χ3v) is 5.71. The van der Waals surface area contributed by atoms with Crippen LogP contribution >= 0.6 is 27.3 Å². The van der Waals surface area contributed by atoms with Crippen molar-refractivity contribution in [2.24, 2.45) is 0 Å². The number of ether oxygens (including phenoxy) is 2. The van der Waals surface area contributed by atoms with Gasteiger partial charge in [0, 0.05) is 4.88 Å². The summed E-state index contributed by atoms with van der Waals surface area (Å²) in [6.07, 6.45) is 2.83. The van der Waals surface area contributed by atoms with Crippen LogP contribution in [0.4, 0.5) is 5.00 Å². The highest BCUT2D eigenvalue weighted by Gasteiger charge is 2.28. The van der Waals surface area contributed by atoms with E-state index in [0.717, 1.165) is 34.2 Å². The lowest BCUT2D eigenvalue weighted by Gasteiger charge is -2.10. The summed E-state index contributed by atoms with van der Waals surface area (Å²) in [5.41, 5.74) is 1.53. The minimum Gasteiger partial charge on any atom is -0.483 e. The van der Waals surface area contributed by atoms with E-state index in [0.29, 0.717) is 22.9 Å². The monoisotopic (exact) mass is 423 g/mol. The molecule has 7 heteroatoms. The van der Waals surface area contributed by atoms with Crippen molar-refractivity contribution >= 4 is 44.1 Å². The summed E-state index contributed by atoms with van der Waals surface area (Å²) in [6.45, 7) is 1.95. The highest BCUT2D eigenvalue weighted by Crippen LogP contribution is 2.39. The standard InChI is InChI=1S/C18H18BrNO4S/c1-2-23-18(22)16-11-6-5-9-14(11)25-17(16)20-15(21)10-24-13-8-4-3-7-12(13)19/h3-4,7-8H,2,5-6,9-10H2,1H3,(H,20,21). The highest BCUT2D eigenvalue weighted by atomic mass is 79.9. The predicted octanol–water partition coefficient (Wildman–Crippen LogP) is 4.19. The van der Waals surface area contributed by atoms with E-state index in [4.69, 9.17) is 9.47 Å². The van der Waals surface area contributed by atoms with Crippen molar-refractivity contribution in [3.05, 3.63) is 44.7 Å². The molecule has 1 aromatic carbocycles. The van der Waals surface area contributed by atoms with Crippen molar-refractivity contribution < 1.29 is 19.1 Å². The fourth-order valence-corrected chi connectivity index (χ4v) is 4.47. The Bertz CT molecular complexity index is 802. The zero-order valence-electron chi connectivity index (χ0n) is 13.8. The van der Waals surface area contributed by atoms with Gasteiger partial charge in [-0.15, -0.1) is 11.3 Å². The zero-order chi connectivity index (χ0) is 17.8. The Kier molecular flexibility index (Phi) is 5.75. The summed E-state index contributed by atoms with van der Waals surface area (Å²) < 4.78 is 11.5. The largest absolute Gasteiger partial charge is 0.483 e. The van der Waals surface area contributed by atoms with Crippen LogP contribution < -0.4 is 10.1 Å². The van der Waals surface area contributed by atoms with Crippen LogP contribution in [0, 0.1) is 0 Å². The van der Waals surface area contributed by atoms with Gasteiger partial charge in [-0.05, 0) is 59.8 Å². The average Bonchev–Trinajstić information content (AvgIpc) is 3.14. The summed E-state index contributed by atoms with van der Waals surface area (Å²) in [7, 11) is 0. The zero-order valence-corrected chi connectivity index (χ0v) is 16.2. The number of hydrogen-bond acceptors (Lipinski definition) is 5. The van der Waals surface area contributed by atoms with Crippen LogP contribution in [0.3, 0.4) is 0 Å². The number of nitrogens with one attached hydrogen (secondary N) is 1. The maximum Gasteiger partial charge on any atom is 0.341 e. The normalized spacial score (nSPS) is 12.6. The molecule has 0 fully saturated rings. The van der Waals surface area contributed by atoms with Crippen LogP contribution in [-0.2, 0) is 22.4 Å². The average molecular weight is 424 g/mol. The van der Waals surface area contributed by atoms with Crippen molar-refractivity contribution in [3.8, 4) is 5.75 Å². The molecule has 5 nitrogen and oxygen atoms in total. The topological polar surface area (TPSA) is 64.6 Å².